The van der Waals surface area contributed by atoms with Crippen LogP contribution in [0.1, 0.15) is 53.0 Å². The van der Waals surface area contributed by atoms with Gasteiger partial charge in [0.05, 0.1) is 0 Å². The fourth-order valence-electron chi connectivity index (χ4n) is 3.39. The number of benzene rings is 2. The standard InChI is InChI=1S/C23H27FN2O2S/c1-3-4-5-14-25-21(27)20-15-29-23(18-10-12-19(24)13-11-18)26(20)22(28)17-8-6-16(2)7-9-17/h6-13,20,23H,3-5,14-15H2,1-2H3,(H,25,27)/t20-,23-/m1/s1. The molecule has 0 saturated carbocycles. The van der Waals surface area contributed by atoms with Crippen molar-refractivity contribution in [2.75, 3.05) is 12.3 Å². The Morgan fingerprint density at radius 2 is 1.79 bits per heavy atom. The van der Waals surface area contributed by atoms with Gasteiger partial charge in [-0.05, 0) is 43.2 Å². The molecular weight excluding hydrogens is 387 g/mol. The Bertz CT molecular complexity index is 839. The van der Waals surface area contributed by atoms with Crippen molar-refractivity contribution in [1.82, 2.24) is 10.2 Å². The Balaban J connectivity index is 1.85. The van der Waals surface area contributed by atoms with Crippen molar-refractivity contribution in [2.24, 2.45) is 0 Å². The van der Waals surface area contributed by atoms with E-state index in [2.05, 4.69) is 12.2 Å². The molecule has 6 heteroatoms. The highest BCUT2D eigenvalue weighted by Crippen LogP contribution is 2.42. The molecule has 2 atom stereocenters. The number of hydrogen-bond donors (Lipinski definition) is 1. The Hall–Kier alpha value is -2.34. The van der Waals surface area contributed by atoms with E-state index >= 15 is 0 Å². The Kier molecular flexibility index (Phi) is 7.31. The van der Waals surface area contributed by atoms with Crippen LogP contribution in [0.25, 0.3) is 0 Å². The Labute approximate surface area is 175 Å². The Morgan fingerprint density at radius 1 is 1.10 bits per heavy atom. The normalized spacial score (nSPS) is 18.7. The molecule has 0 spiro atoms. The van der Waals surface area contributed by atoms with Crippen LogP contribution in [0, 0.1) is 12.7 Å². The molecule has 3 rings (SSSR count). The van der Waals surface area contributed by atoms with Crippen molar-refractivity contribution >= 4 is 23.6 Å². The molecule has 1 fully saturated rings. The lowest BCUT2D eigenvalue weighted by Crippen LogP contribution is -2.48. The second-order valence-electron chi connectivity index (χ2n) is 7.33. The number of amides is 2. The van der Waals surface area contributed by atoms with Gasteiger partial charge in [0.2, 0.25) is 5.91 Å². The van der Waals surface area contributed by atoms with Crippen LogP contribution in [-0.2, 0) is 4.79 Å². The third-order valence-corrected chi connectivity index (χ3v) is 6.39. The van der Waals surface area contributed by atoms with Crippen LogP contribution in [0.5, 0.6) is 0 Å². The number of aryl methyl sites for hydroxylation is 1. The lowest BCUT2D eigenvalue weighted by Gasteiger charge is -2.29. The summed E-state index contributed by atoms with van der Waals surface area (Å²) in [4.78, 5) is 27.9. The molecule has 154 valence electrons. The number of unbranched alkanes of at least 4 members (excludes halogenated alkanes) is 2. The van der Waals surface area contributed by atoms with E-state index in [1.165, 1.54) is 23.9 Å². The number of rotatable bonds is 7. The summed E-state index contributed by atoms with van der Waals surface area (Å²) < 4.78 is 13.4. The summed E-state index contributed by atoms with van der Waals surface area (Å²) in [6, 6.07) is 13.0. The van der Waals surface area contributed by atoms with Gasteiger partial charge in [-0.2, -0.15) is 0 Å². The first-order valence-electron chi connectivity index (χ1n) is 10.1. The second kappa shape index (κ2) is 9.92. The van der Waals surface area contributed by atoms with E-state index in [4.69, 9.17) is 0 Å². The topological polar surface area (TPSA) is 49.4 Å². The molecule has 0 aliphatic carbocycles. The number of carbonyl (C=O) groups excluding carboxylic acids is 2. The minimum atomic E-state index is -0.550. The monoisotopic (exact) mass is 414 g/mol. The van der Waals surface area contributed by atoms with E-state index in [-0.39, 0.29) is 23.0 Å². The van der Waals surface area contributed by atoms with Crippen LogP contribution in [-0.4, -0.2) is 35.1 Å². The molecule has 1 heterocycles. The zero-order valence-electron chi connectivity index (χ0n) is 16.9. The molecule has 0 unspecified atom stereocenters. The van der Waals surface area contributed by atoms with Gasteiger partial charge in [-0.15, -0.1) is 11.8 Å². The predicted octanol–water partition coefficient (Wildman–Crippen LogP) is 4.70. The number of thioether (sulfide) groups is 1. The van der Waals surface area contributed by atoms with Gasteiger partial charge >= 0.3 is 0 Å². The fraction of sp³-hybridized carbons (Fsp3) is 0.391. The third-order valence-electron chi connectivity index (χ3n) is 5.07. The molecule has 0 radical (unpaired) electrons. The second-order valence-corrected chi connectivity index (χ2v) is 8.44. The maximum Gasteiger partial charge on any atom is 0.255 e. The van der Waals surface area contributed by atoms with E-state index < -0.39 is 6.04 Å². The van der Waals surface area contributed by atoms with Crippen molar-refractivity contribution in [3.05, 3.63) is 71.0 Å². The minimum absolute atomic E-state index is 0.126. The molecule has 0 bridgehead atoms. The van der Waals surface area contributed by atoms with Crippen molar-refractivity contribution in [1.29, 1.82) is 0 Å². The molecule has 1 N–H and O–H groups in total. The van der Waals surface area contributed by atoms with Crippen LogP contribution in [0.2, 0.25) is 0 Å². The average molecular weight is 415 g/mol. The van der Waals surface area contributed by atoms with Crippen molar-refractivity contribution in [2.45, 2.75) is 44.5 Å². The Morgan fingerprint density at radius 3 is 2.45 bits per heavy atom. The fourth-order valence-corrected chi connectivity index (χ4v) is 4.82. The number of carbonyl (C=O) groups is 2. The molecule has 4 nitrogen and oxygen atoms in total. The summed E-state index contributed by atoms with van der Waals surface area (Å²) in [5, 5.41) is 2.66. The average Bonchev–Trinajstić information content (AvgIpc) is 3.17. The largest absolute Gasteiger partial charge is 0.354 e. The zero-order chi connectivity index (χ0) is 20.8. The molecule has 1 aliphatic rings. The molecule has 1 aliphatic heterocycles. The predicted molar refractivity (Wildman–Crippen MR) is 115 cm³/mol. The molecule has 1 saturated heterocycles. The summed E-state index contributed by atoms with van der Waals surface area (Å²) >= 11 is 1.54. The lowest BCUT2D eigenvalue weighted by atomic mass is 10.1. The van der Waals surface area contributed by atoms with Gasteiger partial charge in [-0.3, -0.25) is 9.59 Å². The highest BCUT2D eigenvalue weighted by molar-refractivity contribution is 7.99. The molecule has 0 aromatic heterocycles. The van der Waals surface area contributed by atoms with Crippen LogP contribution in [0.15, 0.2) is 48.5 Å². The third kappa shape index (κ3) is 5.18. The van der Waals surface area contributed by atoms with E-state index in [1.54, 1.807) is 29.2 Å². The molecule has 29 heavy (non-hydrogen) atoms. The first-order chi connectivity index (χ1) is 14.0. The lowest BCUT2D eigenvalue weighted by molar-refractivity contribution is -0.124. The van der Waals surface area contributed by atoms with Crippen LogP contribution in [0.4, 0.5) is 4.39 Å². The quantitative estimate of drug-likeness (QED) is 0.669. The molecular formula is C23H27FN2O2S. The van der Waals surface area contributed by atoms with Gasteiger partial charge < -0.3 is 10.2 Å². The summed E-state index contributed by atoms with van der Waals surface area (Å²) in [6.45, 7) is 4.69. The van der Waals surface area contributed by atoms with Gasteiger partial charge in [0, 0.05) is 17.9 Å². The summed E-state index contributed by atoms with van der Waals surface area (Å²) in [5.41, 5.74) is 2.43. The van der Waals surface area contributed by atoms with Crippen molar-refractivity contribution in [3.8, 4) is 0 Å². The minimum Gasteiger partial charge on any atom is -0.354 e. The summed E-state index contributed by atoms with van der Waals surface area (Å²) in [7, 11) is 0. The van der Waals surface area contributed by atoms with Crippen molar-refractivity contribution in [3.63, 3.8) is 0 Å². The molecule has 2 aromatic rings. The van der Waals surface area contributed by atoms with Crippen LogP contribution < -0.4 is 5.32 Å². The maximum atomic E-state index is 13.4. The molecule has 2 amide bonds. The first kappa shape index (κ1) is 21.4. The number of hydrogen-bond acceptors (Lipinski definition) is 3. The van der Waals surface area contributed by atoms with Gasteiger partial charge in [0.1, 0.15) is 17.2 Å². The highest BCUT2D eigenvalue weighted by atomic mass is 32.2. The van der Waals surface area contributed by atoms with Crippen LogP contribution in [0.3, 0.4) is 0 Å². The summed E-state index contributed by atoms with van der Waals surface area (Å²) in [6.07, 6.45) is 3.07. The number of halogens is 1. The molecule has 2 aromatic carbocycles. The van der Waals surface area contributed by atoms with E-state index in [9.17, 15) is 14.0 Å². The van der Waals surface area contributed by atoms with E-state index in [0.717, 1.165) is 30.4 Å². The van der Waals surface area contributed by atoms with Gasteiger partial charge in [0.15, 0.2) is 0 Å². The smallest absolute Gasteiger partial charge is 0.255 e. The highest BCUT2D eigenvalue weighted by Gasteiger charge is 2.42. The van der Waals surface area contributed by atoms with Crippen molar-refractivity contribution < 1.29 is 14.0 Å². The zero-order valence-corrected chi connectivity index (χ0v) is 17.7. The van der Waals surface area contributed by atoms with E-state index in [0.29, 0.717) is 17.9 Å². The van der Waals surface area contributed by atoms with E-state index in [1.807, 2.05) is 19.1 Å². The van der Waals surface area contributed by atoms with Gasteiger partial charge in [-0.25, -0.2) is 4.39 Å². The van der Waals surface area contributed by atoms with Crippen LogP contribution >= 0.6 is 11.8 Å². The van der Waals surface area contributed by atoms with Gasteiger partial charge in [-0.1, -0.05) is 49.6 Å². The summed E-state index contributed by atoms with van der Waals surface area (Å²) in [5.74, 6) is -0.116. The number of nitrogens with zero attached hydrogens (tertiary/aromatic N) is 1. The maximum absolute atomic E-state index is 13.4. The number of nitrogens with one attached hydrogen (secondary N) is 1. The van der Waals surface area contributed by atoms with Gasteiger partial charge in [0.25, 0.3) is 5.91 Å². The SMILES string of the molecule is CCCCCNC(=O)[C@H]1CS[C@H](c2ccc(F)cc2)N1C(=O)c1ccc(C)cc1. The first-order valence-corrected chi connectivity index (χ1v) is 11.1.